The molecule has 1 saturated carbocycles. The Bertz CT molecular complexity index is 906. The minimum Gasteiger partial charge on any atom is -0.492 e. The second-order valence-corrected chi connectivity index (χ2v) is 9.12. The highest BCUT2D eigenvalue weighted by Crippen LogP contribution is 2.48. The standard InChI is InChI=1S/C24H29ClN2O4/c1-17-4-8-19(9-5-17)30-13-12-26-22(29)23(2)15-24(3,16-23)27-21(28)14-31-20-10-6-18(25)7-11-20/h4-11H,12-16H2,1-3H3,(H,26,29)(H,27,28). The SMILES string of the molecule is Cc1ccc(OCCNC(=O)C2(C)CC(C)(NC(=O)COc3ccc(Cl)cc3)C2)cc1. The Hall–Kier alpha value is -2.73. The summed E-state index contributed by atoms with van der Waals surface area (Å²) in [6, 6.07) is 14.6. The van der Waals surface area contributed by atoms with Gasteiger partial charge >= 0.3 is 0 Å². The molecule has 0 spiro atoms. The highest BCUT2D eigenvalue weighted by atomic mass is 35.5. The molecular weight excluding hydrogens is 416 g/mol. The predicted molar refractivity (Wildman–Crippen MR) is 121 cm³/mol. The van der Waals surface area contributed by atoms with Gasteiger partial charge in [-0.3, -0.25) is 9.59 Å². The van der Waals surface area contributed by atoms with Gasteiger partial charge < -0.3 is 20.1 Å². The van der Waals surface area contributed by atoms with Crippen LogP contribution < -0.4 is 20.1 Å². The summed E-state index contributed by atoms with van der Waals surface area (Å²) < 4.78 is 11.1. The Kier molecular flexibility index (Phi) is 7.11. The van der Waals surface area contributed by atoms with Crippen molar-refractivity contribution in [2.45, 2.75) is 39.2 Å². The molecule has 2 amide bonds. The van der Waals surface area contributed by atoms with E-state index < -0.39 is 11.0 Å². The van der Waals surface area contributed by atoms with Crippen LogP contribution in [-0.4, -0.2) is 37.1 Å². The lowest BCUT2D eigenvalue weighted by Gasteiger charge is -2.52. The number of aryl methyl sites for hydroxylation is 1. The molecule has 0 aromatic heterocycles. The topological polar surface area (TPSA) is 76.7 Å². The molecule has 1 aliphatic rings. The van der Waals surface area contributed by atoms with E-state index in [1.165, 1.54) is 5.56 Å². The van der Waals surface area contributed by atoms with Gasteiger partial charge in [0.2, 0.25) is 5.91 Å². The van der Waals surface area contributed by atoms with Gasteiger partial charge in [0.05, 0.1) is 12.0 Å². The summed E-state index contributed by atoms with van der Waals surface area (Å²) in [7, 11) is 0. The van der Waals surface area contributed by atoms with E-state index in [9.17, 15) is 9.59 Å². The van der Waals surface area contributed by atoms with E-state index in [0.29, 0.717) is 36.8 Å². The fourth-order valence-electron chi connectivity index (χ4n) is 4.15. The Morgan fingerprint density at radius 3 is 2.19 bits per heavy atom. The van der Waals surface area contributed by atoms with Crippen LogP contribution in [0.2, 0.25) is 5.02 Å². The third-order valence-corrected chi connectivity index (χ3v) is 5.66. The molecule has 0 atom stereocenters. The highest BCUT2D eigenvalue weighted by Gasteiger charge is 2.53. The Morgan fingerprint density at radius 2 is 1.55 bits per heavy atom. The Morgan fingerprint density at radius 1 is 0.968 bits per heavy atom. The summed E-state index contributed by atoms with van der Waals surface area (Å²) in [5.74, 6) is 1.12. The fraction of sp³-hybridized carbons (Fsp3) is 0.417. The van der Waals surface area contributed by atoms with Gasteiger partial charge in [-0.15, -0.1) is 0 Å². The maximum absolute atomic E-state index is 12.6. The van der Waals surface area contributed by atoms with E-state index >= 15 is 0 Å². The maximum Gasteiger partial charge on any atom is 0.258 e. The molecule has 2 N–H and O–H groups in total. The molecule has 31 heavy (non-hydrogen) atoms. The molecule has 0 unspecified atom stereocenters. The number of carbonyl (C=O) groups excluding carboxylic acids is 2. The smallest absolute Gasteiger partial charge is 0.258 e. The first kappa shape index (κ1) is 22.9. The summed E-state index contributed by atoms with van der Waals surface area (Å²) >= 11 is 5.84. The zero-order valence-electron chi connectivity index (χ0n) is 18.2. The van der Waals surface area contributed by atoms with E-state index in [2.05, 4.69) is 10.6 Å². The number of hydrogen-bond donors (Lipinski definition) is 2. The van der Waals surface area contributed by atoms with Crippen LogP contribution in [0.25, 0.3) is 0 Å². The van der Waals surface area contributed by atoms with Gasteiger partial charge in [-0.2, -0.15) is 0 Å². The average molecular weight is 445 g/mol. The molecule has 0 heterocycles. The zero-order chi connectivity index (χ0) is 22.5. The molecule has 0 bridgehead atoms. The van der Waals surface area contributed by atoms with Crippen LogP contribution in [-0.2, 0) is 9.59 Å². The molecular formula is C24H29ClN2O4. The van der Waals surface area contributed by atoms with E-state index in [0.717, 1.165) is 5.75 Å². The molecule has 1 aliphatic carbocycles. The van der Waals surface area contributed by atoms with Crippen molar-refractivity contribution in [3.8, 4) is 11.5 Å². The summed E-state index contributed by atoms with van der Waals surface area (Å²) in [5.41, 5.74) is 0.235. The number of benzene rings is 2. The van der Waals surface area contributed by atoms with Gasteiger partial charge in [0.15, 0.2) is 6.61 Å². The second kappa shape index (κ2) is 9.60. The van der Waals surface area contributed by atoms with Crippen molar-refractivity contribution in [1.82, 2.24) is 10.6 Å². The number of carbonyl (C=O) groups is 2. The molecule has 0 radical (unpaired) electrons. The molecule has 7 heteroatoms. The van der Waals surface area contributed by atoms with E-state index in [1.54, 1.807) is 24.3 Å². The lowest BCUT2D eigenvalue weighted by atomic mass is 9.58. The first-order chi connectivity index (χ1) is 14.7. The van der Waals surface area contributed by atoms with Crippen LogP contribution in [0, 0.1) is 12.3 Å². The Labute approximate surface area is 188 Å². The highest BCUT2D eigenvalue weighted by molar-refractivity contribution is 6.30. The third kappa shape index (κ3) is 6.37. The van der Waals surface area contributed by atoms with Gasteiger partial charge in [-0.25, -0.2) is 0 Å². The zero-order valence-corrected chi connectivity index (χ0v) is 18.9. The number of rotatable bonds is 9. The van der Waals surface area contributed by atoms with Crippen LogP contribution in [0.15, 0.2) is 48.5 Å². The summed E-state index contributed by atoms with van der Waals surface area (Å²) in [6.07, 6.45) is 1.13. The van der Waals surface area contributed by atoms with Crippen molar-refractivity contribution in [2.24, 2.45) is 5.41 Å². The third-order valence-electron chi connectivity index (χ3n) is 5.41. The molecule has 1 fully saturated rings. The number of halogens is 1. The van der Waals surface area contributed by atoms with Gasteiger partial charge in [0, 0.05) is 10.6 Å². The van der Waals surface area contributed by atoms with Crippen molar-refractivity contribution >= 4 is 23.4 Å². The molecule has 0 aliphatic heterocycles. The van der Waals surface area contributed by atoms with Crippen LogP contribution in [0.5, 0.6) is 11.5 Å². The van der Waals surface area contributed by atoms with Crippen LogP contribution >= 0.6 is 11.6 Å². The fourth-order valence-corrected chi connectivity index (χ4v) is 4.28. The molecule has 2 aromatic rings. The number of hydrogen-bond acceptors (Lipinski definition) is 4. The minimum atomic E-state index is -0.511. The quantitative estimate of drug-likeness (QED) is 0.575. The summed E-state index contributed by atoms with van der Waals surface area (Å²) in [5, 5.41) is 6.53. The van der Waals surface area contributed by atoms with Crippen molar-refractivity contribution in [3.05, 3.63) is 59.1 Å². The normalized spacial score (nSPS) is 22.2. The monoisotopic (exact) mass is 444 g/mol. The van der Waals surface area contributed by atoms with Gasteiger partial charge in [-0.1, -0.05) is 36.2 Å². The van der Waals surface area contributed by atoms with Crippen molar-refractivity contribution < 1.29 is 19.1 Å². The molecule has 3 rings (SSSR count). The first-order valence-corrected chi connectivity index (χ1v) is 10.7. The van der Waals surface area contributed by atoms with Crippen molar-refractivity contribution in [2.75, 3.05) is 19.8 Å². The van der Waals surface area contributed by atoms with E-state index in [4.69, 9.17) is 21.1 Å². The van der Waals surface area contributed by atoms with Crippen molar-refractivity contribution in [3.63, 3.8) is 0 Å². The van der Waals surface area contributed by atoms with Crippen LogP contribution in [0.3, 0.4) is 0 Å². The first-order valence-electron chi connectivity index (χ1n) is 10.3. The predicted octanol–water partition coefficient (Wildman–Crippen LogP) is 3.90. The van der Waals surface area contributed by atoms with Gasteiger partial charge in [0.1, 0.15) is 18.1 Å². The summed E-state index contributed by atoms with van der Waals surface area (Å²) in [6.45, 7) is 6.63. The molecule has 2 aromatic carbocycles. The van der Waals surface area contributed by atoms with Crippen LogP contribution in [0.4, 0.5) is 0 Å². The molecule has 0 saturated heterocycles. The van der Waals surface area contributed by atoms with Gasteiger partial charge in [-0.05, 0) is 63.1 Å². The number of nitrogens with one attached hydrogen (secondary N) is 2. The average Bonchev–Trinajstić information content (AvgIpc) is 2.70. The van der Waals surface area contributed by atoms with Crippen molar-refractivity contribution in [1.29, 1.82) is 0 Å². The molecule has 166 valence electrons. The number of ether oxygens (including phenoxy) is 2. The van der Waals surface area contributed by atoms with Gasteiger partial charge in [0.25, 0.3) is 5.91 Å². The second-order valence-electron chi connectivity index (χ2n) is 8.68. The lowest BCUT2D eigenvalue weighted by Crippen LogP contribution is -2.64. The largest absolute Gasteiger partial charge is 0.492 e. The minimum absolute atomic E-state index is 0.0239. The Balaban J connectivity index is 1.36. The van der Waals surface area contributed by atoms with E-state index in [-0.39, 0.29) is 18.4 Å². The number of amides is 2. The lowest BCUT2D eigenvalue weighted by molar-refractivity contribution is -0.143. The van der Waals surface area contributed by atoms with Crippen LogP contribution in [0.1, 0.15) is 32.3 Å². The molecule has 6 nitrogen and oxygen atoms in total. The van der Waals surface area contributed by atoms with E-state index in [1.807, 2.05) is 45.0 Å². The maximum atomic E-state index is 12.6. The summed E-state index contributed by atoms with van der Waals surface area (Å²) in [4.78, 5) is 24.9.